The lowest BCUT2D eigenvalue weighted by Crippen LogP contribution is -2.27. The van der Waals surface area contributed by atoms with Gasteiger partial charge in [0, 0.05) is 16.0 Å². The van der Waals surface area contributed by atoms with Crippen LogP contribution in [-0.2, 0) is 10.8 Å². The van der Waals surface area contributed by atoms with Crippen LogP contribution in [0.4, 0.5) is 4.39 Å². The van der Waals surface area contributed by atoms with E-state index in [0.29, 0.717) is 11.7 Å². The van der Waals surface area contributed by atoms with Crippen molar-refractivity contribution in [2.75, 3.05) is 12.9 Å². The van der Waals surface area contributed by atoms with Gasteiger partial charge in [-0.3, -0.25) is 9.00 Å². The van der Waals surface area contributed by atoms with Gasteiger partial charge < -0.3 is 4.74 Å². The van der Waals surface area contributed by atoms with Gasteiger partial charge in [-0.2, -0.15) is 0 Å². The SMILES string of the molecule is COc1ccc(F)cc1C(=O)CS(=O)C1CCCC(C)C1. The van der Waals surface area contributed by atoms with Crippen LogP contribution in [0, 0.1) is 11.7 Å². The molecule has 0 heterocycles. The van der Waals surface area contributed by atoms with Crippen molar-refractivity contribution in [2.24, 2.45) is 5.92 Å². The summed E-state index contributed by atoms with van der Waals surface area (Å²) in [6, 6.07) is 3.82. The second-order valence-corrected chi connectivity index (χ2v) is 7.40. The van der Waals surface area contributed by atoms with E-state index < -0.39 is 16.6 Å². The molecule has 116 valence electrons. The number of rotatable bonds is 5. The van der Waals surface area contributed by atoms with Crippen LogP contribution in [-0.4, -0.2) is 28.1 Å². The molecule has 1 saturated carbocycles. The fourth-order valence-electron chi connectivity index (χ4n) is 2.84. The Balaban J connectivity index is 2.07. The standard InChI is InChI=1S/C16H21FO3S/c1-11-4-3-5-13(8-11)21(19)10-15(18)14-9-12(17)6-7-16(14)20-2/h6-7,9,11,13H,3-5,8,10H2,1-2H3. The van der Waals surface area contributed by atoms with Gasteiger partial charge in [-0.25, -0.2) is 4.39 Å². The minimum atomic E-state index is -1.20. The Morgan fingerprint density at radius 2 is 2.19 bits per heavy atom. The van der Waals surface area contributed by atoms with E-state index in [-0.39, 0.29) is 22.3 Å². The van der Waals surface area contributed by atoms with Crippen LogP contribution in [0.2, 0.25) is 0 Å². The monoisotopic (exact) mass is 312 g/mol. The number of halogens is 1. The fourth-order valence-corrected chi connectivity index (χ4v) is 4.46. The first kappa shape index (κ1) is 16.1. The summed E-state index contributed by atoms with van der Waals surface area (Å²) in [5.41, 5.74) is 0.176. The number of Topliss-reactive ketones (excluding diaryl/α,β-unsaturated/α-hetero) is 1. The predicted molar refractivity (Wildman–Crippen MR) is 81.7 cm³/mol. The first-order valence-electron chi connectivity index (χ1n) is 7.25. The molecule has 0 spiro atoms. The van der Waals surface area contributed by atoms with Crippen LogP contribution >= 0.6 is 0 Å². The third-order valence-corrected chi connectivity index (χ3v) is 5.71. The average molecular weight is 312 g/mol. The predicted octanol–water partition coefficient (Wildman–Crippen LogP) is 3.34. The molecule has 0 bridgehead atoms. The molecule has 0 radical (unpaired) electrons. The average Bonchev–Trinajstić information content (AvgIpc) is 2.47. The maximum atomic E-state index is 13.3. The van der Waals surface area contributed by atoms with E-state index in [2.05, 4.69) is 6.92 Å². The molecule has 3 atom stereocenters. The largest absolute Gasteiger partial charge is 0.496 e. The summed E-state index contributed by atoms with van der Waals surface area (Å²) < 4.78 is 30.8. The lowest BCUT2D eigenvalue weighted by Gasteiger charge is -2.25. The molecule has 21 heavy (non-hydrogen) atoms. The molecular weight excluding hydrogens is 291 g/mol. The third kappa shape index (κ3) is 4.13. The summed E-state index contributed by atoms with van der Waals surface area (Å²) in [5.74, 6) is 0.0260. The van der Waals surface area contributed by atoms with Gasteiger partial charge in [-0.15, -0.1) is 0 Å². The second-order valence-electron chi connectivity index (χ2n) is 5.69. The van der Waals surface area contributed by atoms with Gasteiger partial charge in [0.05, 0.1) is 18.4 Å². The van der Waals surface area contributed by atoms with E-state index in [4.69, 9.17) is 4.74 Å². The highest BCUT2D eigenvalue weighted by Gasteiger charge is 2.26. The van der Waals surface area contributed by atoms with E-state index in [9.17, 15) is 13.4 Å². The van der Waals surface area contributed by atoms with Crippen LogP contribution in [0.25, 0.3) is 0 Å². The Bertz CT molecular complexity index is 544. The summed E-state index contributed by atoms with van der Waals surface area (Å²) in [6.07, 6.45) is 4.04. The topological polar surface area (TPSA) is 43.4 Å². The van der Waals surface area contributed by atoms with Gasteiger partial charge in [0.25, 0.3) is 0 Å². The lowest BCUT2D eigenvalue weighted by molar-refractivity contribution is 0.101. The summed E-state index contributed by atoms with van der Waals surface area (Å²) >= 11 is 0. The molecular formula is C16H21FO3S. The summed E-state index contributed by atoms with van der Waals surface area (Å²) in [5, 5.41) is 0.0808. The van der Waals surface area contributed by atoms with Gasteiger partial charge in [-0.05, 0) is 37.0 Å². The second kappa shape index (κ2) is 7.16. The minimum absolute atomic E-state index is 0.0583. The van der Waals surface area contributed by atoms with Crippen LogP contribution in [0.3, 0.4) is 0 Å². The van der Waals surface area contributed by atoms with Crippen molar-refractivity contribution >= 4 is 16.6 Å². The first-order valence-corrected chi connectivity index (χ1v) is 8.63. The molecule has 1 aliphatic rings. The molecule has 0 aliphatic heterocycles. The van der Waals surface area contributed by atoms with Crippen molar-refractivity contribution in [2.45, 2.75) is 37.9 Å². The van der Waals surface area contributed by atoms with Crippen molar-refractivity contribution < 1.29 is 18.1 Å². The van der Waals surface area contributed by atoms with Crippen LogP contribution in [0.15, 0.2) is 18.2 Å². The molecule has 0 saturated heterocycles. The van der Waals surface area contributed by atoms with Gasteiger partial charge >= 0.3 is 0 Å². The van der Waals surface area contributed by atoms with Crippen molar-refractivity contribution in [3.05, 3.63) is 29.6 Å². The normalized spacial score (nSPS) is 23.6. The molecule has 1 aliphatic carbocycles. The zero-order valence-corrected chi connectivity index (χ0v) is 13.2. The molecule has 1 fully saturated rings. The molecule has 1 aromatic rings. The number of carbonyl (C=O) groups is 1. The number of methoxy groups -OCH3 is 1. The summed E-state index contributed by atoms with van der Waals surface area (Å²) in [4.78, 5) is 12.3. The van der Waals surface area contributed by atoms with Crippen molar-refractivity contribution in [3.63, 3.8) is 0 Å². The summed E-state index contributed by atoms with van der Waals surface area (Å²) in [7, 11) is 0.232. The molecule has 0 aromatic heterocycles. The maximum absolute atomic E-state index is 13.3. The van der Waals surface area contributed by atoms with Crippen LogP contribution in [0.5, 0.6) is 5.75 Å². The third-order valence-electron chi connectivity index (χ3n) is 4.00. The van der Waals surface area contributed by atoms with E-state index in [1.807, 2.05) is 0 Å². The van der Waals surface area contributed by atoms with Gasteiger partial charge in [0.2, 0.25) is 0 Å². The zero-order valence-electron chi connectivity index (χ0n) is 12.4. The Morgan fingerprint density at radius 3 is 2.86 bits per heavy atom. The van der Waals surface area contributed by atoms with Crippen molar-refractivity contribution in [1.29, 1.82) is 0 Å². The molecule has 3 unspecified atom stereocenters. The number of ether oxygens (including phenoxy) is 1. The molecule has 5 heteroatoms. The number of ketones is 1. The highest BCUT2D eigenvalue weighted by atomic mass is 32.2. The van der Waals surface area contributed by atoms with E-state index in [1.165, 1.54) is 25.7 Å². The number of hydrogen-bond donors (Lipinski definition) is 0. The van der Waals surface area contributed by atoms with E-state index in [1.54, 1.807) is 0 Å². The highest BCUT2D eigenvalue weighted by Crippen LogP contribution is 2.28. The van der Waals surface area contributed by atoms with Crippen molar-refractivity contribution in [1.82, 2.24) is 0 Å². The maximum Gasteiger partial charge on any atom is 0.179 e. The number of benzene rings is 1. The van der Waals surface area contributed by atoms with E-state index in [0.717, 1.165) is 25.3 Å². The fraction of sp³-hybridized carbons (Fsp3) is 0.562. The van der Waals surface area contributed by atoms with Gasteiger partial charge in [0.15, 0.2) is 5.78 Å². The quantitative estimate of drug-likeness (QED) is 0.783. The number of hydrogen-bond acceptors (Lipinski definition) is 3. The van der Waals surface area contributed by atoms with Crippen molar-refractivity contribution in [3.8, 4) is 5.75 Å². The smallest absolute Gasteiger partial charge is 0.179 e. The molecule has 3 nitrogen and oxygen atoms in total. The Labute approximate surface area is 127 Å². The minimum Gasteiger partial charge on any atom is -0.496 e. The lowest BCUT2D eigenvalue weighted by atomic mass is 9.91. The Kier molecular flexibility index (Phi) is 5.51. The zero-order chi connectivity index (χ0) is 15.4. The highest BCUT2D eigenvalue weighted by molar-refractivity contribution is 7.86. The van der Waals surface area contributed by atoms with Crippen LogP contribution < -0.4 is 4.74 Å². The number of carbonyl (C=O) groups excluding carboxylic acids is 1. The Morgan fingerprint density at radius 1 is 1.43 bits per heavy atom. The molecule has 0 N–H and O–H groups in total. The Hall–Kier alpha value is -1.23. The summed E-state index contributed by atoms with van der Waals surface area (Å²) in [6.45, 7) is 2.15. The molecule has 0 amide bonds. The molecule has 2 rings (SSSR count). The van der Waals surface area contributed by atoms with Crippen LogP contribution in [0.1, 0.15) is 43.0 Å². The van der Waals surface area contributed by atoms with E-state index >= 15 is 0 Å². The van der Waals surface area contributed by atoms with Gasteiger partial charge in [0.1, 0.15) is 11.6 Å². The molecule has 1 aromatic carbocycles. The first-order chi connectivity index (χ1) is 10.0. The van der Waals surface area contributed by atoms with Gasteiger partial charge in [-0.1, -0.05) is 19.8 Å².